The molecule has 0 bridgehead atoms. The van der Waals surface area contributed by atoms with Crippen LogP contribution in [0.1, 0.15) is 47.8 Å². The quantitative estimate of drug-likeness (QED) is 0.149. The first-order valence-electron chi connectivity index (χ1n) is 14.8. The van der Waals surface area contributed by atoms with Gasteiger partial charge in [-0.25, -0.2) is 4.39 Å². The molecular weight excluding hydrogens is 671 g/mol. The molecule has 0 saturated heterocycles. The number of hydrogen-bond acceptors (Lipinski definition) is 7. The molecule has 1 aliphatic heterocycles. The van der Waals surface area contributed by atoms with Gasteiger partial charge in [0.15, 0.2) is 5.75 Å². The predicted molar refractivity (Wildman–Crippen MR) is 175 cm³/mol. The monoisotopic (exact) mass is 698 g/mol. The molecule has 47 heavy (non-hydrogen) atoms. The average Bonchev–Trinajstić information content (AvgIpc) is 3.32. The number of halogens is 2. The normalized spacial score (nSPS) is 12.5. The second-order valence-corrected chi connectivity index (χ2v) is 11.7. The molecule has 2 N–H and O–H groups in total. The Bertz CT molecular complexity index is 2030. The highest BCUT2D eigenvalue weighted by molar-refractivity contribution is 9.10. The summed E-state index contributed by atoms with van der Waals surface area (Å²) in [4.78, 5) is 58.9. The van der Waals surface area contributed by atoms with Crippen LogP contribution >= 0.6 is 15.9 Å². The summed E-state index contributed by atoms with van der Waals surface area (Å²) in [6.45, 7) is 0.169. The lowest BCUT2D eigenvalue weighted by Gasteiger charge is -2.19. The van der Waals surface area contributed by atoms with Crippen molar-refractivity contribution in [1.29, 1.82) is 0 Å². The van der Waals surface area contributed by atoms with Crippen LogP contribution in [0.3, 0.4) is 0 Å². The number of benzene rings is 3. The Balaban J connectivity index is 1.32. The van der Waals surface area contributed by atoms with Crippen LogP contribution in [0.25, 0.3) is 11.0 Å². The minimum absolute atomic E-state index is 0.0350. The molecule has 0 spiro atoms. The van der Waals surface area contributed by atoms with Gasteiger partial charge < -0.3 is 19.7 Å². The number of pyridine rings is 2. The van der Waals surface area contributed by atoms with Crippen LogP contribution < -0.4 is 10.9 Å². The number of hydrogen-bond donors (Lipinski definition) is 2. The van der Waals surface area contributed by atoms with Crippen molar-refractivity contribution in [3.05, 3.63) is 139 Å². The Morgan fingerprint density at radius 1 is 0.894 bits per heavy atom. The number of nitrogens with zero attached hydrogens (tertiary/aromatic N) is 3. The van der Waals surface area contributed by atoms with Crippen molar-refractivity contribution >= 4 is 44.7 Å². The molecule has 238 valence electrons. The zero-order chi connectivity index (χ0) is 33.1. The van der Waals surface area contributed by atoms with Crippen molar-refractivity contribution in [1.82, 2.24) is 19.8 Å². The van der Waals surface area contributed by atoms with Crippen molar-refractivity contribution in [2.24, 2.45) is 0 Å². The third-order valence-electron chi connectivity index (χ3n) is 7.86. The maximum atomic E-state index is 14.0. The molecule has 12 heteroatoms. The third kappa shape index (κ3) is 6.42. The molecule has 3 heterocycles. The largest absolute Gasteiger partial charge is 0.505 e. The van der Waals surface area contributed by atoms with Crippen LogP contribution in [0.4, 0.5) is 4.39 Å². The smallest absolute Gasteiger partial charge is 0.267 e. The summed E-state index contributed by atoms with van der Waals surface area (Å²) in [6.07, 6.45) is 1.80. The van der Waals surface area contributed by atoms with Crippen LogP contribution in [-0.2, 0) is 24.3 Å². The molecule has 2 aromatic heterocycles. The minimum atomic E-state index is -0.837. The minimum Gasteiger partial charge on any atom is -0.505 e. The summed E-state index contributed by atoms with van der Waals surface area (Å²) in [5.41, 5.74) is 1.64. The van der Waals surface area contributed by atoms with Gasteiger partial charge in [-0.3, -0.25) is 29.1 Å². The van der Waals surface area contributed by atoms with Gasteiger partial charge in [0.05, 0.1) is 29.9 Å². The van der Waals surface area contributed by atoms with Gasteiger partial charge in [0.1, 0.15) is 16.9 Å². The molecule has 3 amide bonds. The van der Waals surface area contributed by atoms with Gasteiger partial charge in [-0.2, -0.15) is 0 Å². The van der Waals surface area contributed by atoms with Gasteiger partial charge in [0.2, 0.25) is 0 Å². The number of nitrogens with one attached hydrogen (secondary N) is 1. The standard InChI is InChI=1S/C35H28BrFN4O6/c36-28-23(18-21-10-12-24(37)13-11-21)19-39-29-30(28)40(15-16-41-33(44)25-8-4-5-9-26(25)34(41)45)35(46)27(31(29)42)32(43)38-14-17-47-20-22-6-2-1-3-7-22/h1-13,19,42H,14-18,20H2,(H,38,43). The van der Waals surface area contributed by atoms with Crippen LogP contribution in [-0.4, -0.2) is 57.0 Å². The second kappa shape index (κ2) is 13.7. The van der Waals surface area contributed by atoms with E-state index in [1.807, 2.05) is 30.3 Å². The van der Waals surface area contributed by atoms with Gasteiger partial charge in [0.25, 0.3) is 23.3 Å². The Kier molecular flexibility index (Phi) is 9.23. The molecule has 0 aliphatic carbocycles. The van der Waals surface area contributed by atoms with E-state index in [4.69, 9.17) is 4.74 Å². The number of ether oxygens (including phenoxy) is 1. The van der Waals surface area contributed by atoms with Crippen molar-refractivity contribution in [3.8, 4) is 5.75 Å². The van der Waals surface area contributed by atoms with Gasteiger partial charge in [-0.1, -0.05) is 54.6 Å². The maximum Gasteiger partial charge on any atom is 0.267 e. The molecule has 10 nitrogen and oxygen atoms in total. The van der Waals surface area contributed by atoms with Crippen molar-refractivity contribution in [2.45, 2.75) is 19.6 Å². The lowest BCUT2D eigenvalue weighted by Crippen LogP contribution is -2.38. The first-order valence-corrected chi connectivity index (χ1v) is 15.6. The fraction of sp³-hybridized carbons (Fsp3) is 0.171. The number of imide groups is 1. The zero-order valence-corrected chi connectivity index (χ0v) is 26.5. The van der Waals surface area contributed by atoms with E-state index >= 15 is 0 Å². The highest BCUT2D eigenvalue weighted by Crippen LogP contribution is 2.33. The number of aromatic hydroxyl groups is 1. The Morgan fingerprint density at radius 2 is 1.55 bits per heavy atom. The van der Waals surface area contributed by atoms with E-state index in [0.29, 0.717) is 23.1 Å². The van der Waals surface area contributed by atoms with E-state index in [9.17, 15) is 28.7 Å². The maximum absolute atomic E-state index is 14.0. The number of aromatic nitrogens is 2. The first kappa shape index (κ1) is 31.8. The summed E-state index contributed by atoms with van der Waals surface area (Å²) < 4.78 is 20.8. The Labute approximate surface area is 276 Å². The van der Waals surface area contributed by atoms with Gasteiger partial charge in [-0.15, -0.1) is 0 Å². The number of carbonyl (C=O) groups excluding carboxylic acids is 3. The summed E-state index contributed by atoms with van der Waals surface area (Å²) in [6, 6.07) is 21.8. The number of rotatable bonds is 11. The SMILES string of the molecule is O=C(NCCOCc1ccccc1)c1c(O)c2ncc(Cc3ccc(F)cc3)c(Br)c2n(CCN2C(=O)c3ccccc3C2=O)c1=O. The highest BCUT2D eigenvalue weighted by atomic mass is 79.9. The average molecular weight is 700 g/mol. The summed E-state index contributed by atoms with van der Waals surface area (Å²) in [7, 11) is 0. The summed E-state index contributed by atoms with van der Waals surface area (Å²) in [5, 5.41) is 13.9. The molecule has 0 unspecified atom stereocenters. The van der Waals surface area contributed by atoms with E-state index in [1.54, 1.807) is 36.4 Å². The molecule has 0 fully saturated rings. The topological polar surface area (TPSA) is 131 Å². The lowest BCUT2D eigenvalue weighted by atomic mass is 10.0. The summed E-state index contributed by atoms with van der Waals surface area (Å²) in [5.74, 6) is -2.82. The fourth-order valence-electron chi connectivity index (χ4n) is 5.49. The van der Waals surface area contributed by atoms with Crippen molar-refractivity contribution in [3.63, 3.8) is 0 Å². The zero-order valence-electron chi connectivity index (χ0n) is 24.9. The predicted octanol–water partition coefficient (Wildman–Crippen LogP) is 4.84. The van der Waals surface area contributed by atoms with E-state index in [-0.39, 0.29) is 54.2 Å². The summed E-state index contributed by atoms with van der Waals surface area (Å²) >= 11 is 3.56. The van der Waals surface area contributed by atoms with Gasteiger partial charge in [-0.05, 0) is 56.9 Å². The highest BCUT2D eigenvalue weighted by Gasteiger charge is 2.35. The Hall–Kier alpha value is -5.20. The van der Waals surface area contributed by atoms with Crippen molar-refractivity contribution < 1.29 is 28.6 Å². The molecule has 0 saturated carbocycles. The Morgan fingerprint density at radius 3 is 2.23 bits per heavy atom. The fourth-order valence-corrected chi connectivity index (χ4v) is 6.13. The molecule has 3 aromatic carbocycles. The lowest BCUT2D eigenvalue weighted by molar-refractivity contribution is 0.0648. The van der Waals surface area contributed by atoms with Gasteiger partial charge in [0, 0.05) is 36.7 Å². The van der Waals surface area contributed by atoms with E-state index in [1.165, 1.54) is 22.9 Å². The molecule has 6 rings (SSSR count). The second-order valence-electron chi connectivity index (χ2n) is 10.9. The molecular formula is C35H28BrFN4O6. The molecule has 0 radical (unpaired) electrons. The third-order valence-corrected chi connectivity index (χ3v) is 8.74. The number of amides is 3. The number of carbonyl (C=O) groups is 3. The van der Waals surface area contributed by atoms with Gasteiger partial charge >= 0.3 is 0 Å². The van der Waals surface area contributed by atoms with E-state index in [2.05, 4.69) is 26.2 Å². The molecule has 1 aliphatic rings. The van der Waals surface area contributed by atoms with Crippen LogP contribution in [0.5, 0.6) is 5.75 Å². The molecule has 5 aromatic rings. The van der Waals surface area contributed by atoms with Crippen LogP contribution in [0.15, 0.2) is 94.3 Å². The first-order chi connectivity index (χ1) is 22.7. The van der Waals surface area contributed by atoms with Crippen LogP contribution in [0, 0.1) is 5.82 Å². The molecule has 0 atom stereocenters. The number of fused-ring (bicyclic) bond motifs is 2. The van der Waals surface area contributed by atoms with Crippen molar-refractivity contribution in [2.75, 3.05) is 19.7 Å². The van der Waals surface area contributed by atoms with E-state index < -0.39 is 34.6 Å². The van der Waals surface area contributed by atoms with Crippen LogP contribution in [0.2, 0.25) is 0 Å². The van der Waals surface area contributed by atoms with E-state index in [0.717, 1.165) is 16.0 Å².